The lowest BCUT2D eigenvalue weighted by Gasteiger charge is -2.31. The van der Waals surface area contributed by atoms with Gasteiger partial charge in [-0.05, 0) is 24.3 Å². The highest BCUT2D eigenvalue weighted by Crippen LogP contribution is 2.35. The number of hydrogen-bond donors (Lipinski definition) is 2. The lowest BCUT2D eigenvalue weighted by atomic mass is 9.92. The van der Waals surface area contributed by atoms with Crippen LogP contribution in [0.3, 0.4) is 0 Å². The van der Waals surface area contributed by atoms with E-state index in [2.05, 4.69) is 19.9 Å². The van der Waals surface area contributed by atoms with Crippen LogP contribution in [0.15, 0.2) is 63.5 Å². The molecule has 28 heavy (non-hydrogen) atoms. The van der Waals surface area contributed by atoms with Gasteiger partial charge < -0.3 is 15.5 Å². The van der Waals surface area contributed by atoms with Crippen LogP contribution in [0.25, 0.3) is 0 Å². The van der Waals surface area contributed by atoms with Gasteiger partial charge in [0, 0.05) is 37.3 Å². The van der Waals surface area contributed by atoms with E-state index in [1.54, 1.807) is 12.1 Å². The summed E-state index contributed by atoms with van der Waals surface area (Å²) < 4.78 is 28.4. The first-order valence-corrected chi connectivity index (χ1v) is 10.5. The molecule has 0 radical (unpaired) electrons. The van der Waals surface area contributed by atoms with Gasteiger partial charge in [0.2, 0.25) is 5.78 Å². The molecule has 2 heterocycles. The van der Waals surface area contributed by atoms with Crippen LogP contribution in [0, 0.1) is 0 Å². The molecule has 0 amide bonds. The molecule has 0 atom stereocenters. The lowest BCUT2D eigenvalue weighted by molar-refractivity contribution is 0.103. The summed E-state index contributed by atoms with van der Waals surface area (Å²) in [5, 5.41) is 6.56. The highest BCUT2D eigenvalue weighted by molar-refractivity contribution is 7.90. The van der Waals surface area contributed by atoms with Gasteiger partial charge in [0.25, 0.3) is 10.0 Å². The zero-order chi connectivity index (χ0) is 19.3. The fourth-order valence-corrected chi connectivity index (χ4v) is 5.09. The summed E-state index contributed by atoms with van der Waals surface area (Å²) in [6.07, 6.45) is 1.53. The molecule has 3 aliphatic rings. The summed E-state index contributed by atoms with van der Waals surface area (Å²) in [4.78, 5) is 15.4. The van der Waals surface area contributed by atoms with Crippen molar-refractivity contribution in [1.82, 2.24) is 5.32 Å². The van der Waals surface area contributed by atoms with E-state index < -0.39 is 10.0 Å². The summed E-state index contributed by atoms with van der Waals surface area (Å²) >= 11 is 0. The highest BCUT2D eigenvalue weighted by atomic mass is 32.2. The first-order chi connectivity index (χ1) is 13.5. The molecule has 2 aromatic rings. The molecule has 5 rings (SSSR count). The van der Waals surface area contributed by atoms with E-state index >= 15 is 0 Å². The van der Waals surface area contributed by atoms with Crippen molar-refractivity contribution in [1.29, 1.82) is 0 Å². The zero-order valence-corrected chi connectivity index (χ0v) is 15.8. The van der Waals surface area contributed by atoms with Gasteiger partial charge in [-0.2, -0.15) is 12.8 Å². The normalized spacial score (nSPS) is 19.7. The van der Waals surface area contributed by atoms with Crippen LogP contribution in [-0.2, 0) is 10.0 Å². The number of nitrogens with one attached hydrogen (secondary N) is 2. The van der Waals surface area contributed by atoms with Gasteiger partial charge >= 0.3 is 0 Å². The van der Waals surface area contributed by atoms with Crippen molar-refractivity contribution in [3.05, 3.63) is 65.4 Å². The zero-order valence-electron chi connectivity index (χ0n) is 15.0. The van der Waals surface area contributed by atoms with Gasteiger partial charge in [0.15, 0.2) is 0 Å². The summed E-state index contributed by atoms with van der Waals surface area (Å²) in [7, 11) is -3.75. The van der Waals surface area contributed by atoms with Crippen molar-refractivity contribution < 1.29 is 13.2 Å². The molecule has 2 aliphatic heterocycles. The number of rotatable bonds is 3. The quantitative estimate of drug-likeness (QED) is 0.825. The molecule has 142 valence electrons. The molecule has 2 aromatic carbocycles. The number of allylic oxidation sites excluding steroid dienone is 2. The highest BCUT2D eigenvalue weighted by Gasteiger charge is 2.36. The Hall–Kier alpha value is -2.97. The summed E-state index contributed by atoms with van der Waals surface area (Å²) in [6.45, 7) is 3.56. The van der Waals surface area contributed by atoms with E-state index in [0.29, 0.717) is 22.5 Å². The average molecular weight is 394 g/mol. The van der Waals surface area contributed by atoms with Crippen LogP contribution < -0.4 is 15.5 Å². The first kappa shape index (κ1) is 17.2. The molecule has 0 bridgehead atoms. The van der Waals surface area contributed by atoms with Crippen molar-refractivity contribution in [3.63, 3.8) is 0 Å². The minimum atomic E-state index is -3.75. The van der Waals surface area contributed by atoms with Crippen molar-refractivity contribution >= 4 is 32.9 Å². The minimum absolute atomic E-state index is 0.102. The van der Waals surface area contributed by atoms with E-state index in [9.17, 15) is 13.2 Å². The summed E-state index contributed by atoms with van der Waals surface area (Å²) in [5.41, 5.74) is 3.23. The number of piperazine rings is 1. The Morgan fingerprint density at radius 1 is 1.04 bits per heavy atom. The fourth-order valence-electron chi connectivity index (χ4n) is 3.87. The van der Waals surface area contributed by atoms with Crippen LogP contribution in [0.2, 0.25) is 0 Å². The largest absolute Gasteiger partial charge is 0.367 e. The molecule has 1 aliphatic carbocycles. The SMILES string of the molecule is O=C1C(Nc2ccccc2N2CCNCC2)=CC2=NS(=O)(=O)c3cccc1c32. The second-order valence-electron chi connectivity index (χ2n) is 6.90. The van der Waals surface area contributed by atoms with E-state index in [4.69, 9.17) is 0 Å². The van der Waals surface area contributed by atoms with Gasteiger partial charge in [-0.3, -0.25) is 4.79 Å². The molecule has 8 heteroatoms. The van der Waals surface area contributed by atoms with Crippen LogP contribution in [-0.4, -0.2) is 46.1 Å². The third-order valence-electron chi connectivity index (χ3n) is 5.18. The second-order valence-corrected chi connectivity index (χ2v) is 8.47. The molecule has 0 aromatic heterocycles. The number of ketones is 1. The number of benzene rings is 2. The lowest BCUT2D eigenvalue weighted by Crippen LogP contribution is -2.43. The predicted molar refractivity (Wildman–Crippen MR) is 108 cm³/mol. The molecular weight excluding hydrogens is 376 g/mol. The molecule has 0 unspecified atom stereocenters. The third-order valence-corrected chi connectivity index (χ3v) is 6.51. The molecular formula is C20H18N4O3S. The van der Waals surface area contributed by atoms with Crippen molar-refractivity contribution in [2.24, 2.45) is 4.40 Å². The number of para-hydroxylation sites is 2. The molecule has 0 spiro atoms. The van der Waals surface area contributed by atoms with Gasteiger partial charge in [-0.25, -0.2) is 0 Å². The van der Waals surface area contributed by atoms with Crippen LogP contribution in [0.4, 0.5) is 11.4 Å². The molecule has 0 saturated carbocycles. The second kappa shape index (κ2) is 6.29. The Labute approximate surface area is 162 Å². The Morgan fingerprint density at radius 3 is 2.64 bits per heavy atom. The van der Waals surface area contributed by atoms with Gasteiger partial charge in [0.05, 0.1) is 27.7 Å². The van der Waals surface area contributed by atoms with Crippen molar-refractivity contribution in [2.45, 2.75) is 4.90 Å². The predicted octanol–water partition coefficient (Wildman–Crippen LogP) is 1.78. The first-order valence-electron chi connectivity index (χ1n) is 9.11. The molecule has 2 N–H and O–H groups in total. The van der Waals surface area contributed by atoms with Crippen LogP contribution >= 0.6 is 0 Å². The number of Topliss-reactive ketones (excluding diaryl/α,β-unsaturated/α-hetero) is 1. The number of carbonyl (C=O) groups is 1. The molecule has 1 fully saturated rings. The number of nitrogens with zero attached hydrogens (tertiary/aromatic N) is 2. The maximum Gasteiger partial charge on any atom is 0.283 e. The van der Waals surface area contributed by atoms with Crippen LogP contribution in [0.5, 0.6) is 0 Å². The Bertz CT molecular complexity index is 1160. The topological polar surface area (TPSA) is 90.9 Å². The Morgan fingerprint density at radius 2 is 1.82 bits per heavy atom. The summed E-state index contributed by atoms with van der Waals surface area (Å²) in [5.74, 6) is -0.233. The van der Waals surface area contributed by atoms with E-state index in [1.807, 2.05) is 24.3 Å². The van der Waals surface area contributed by atoms with E-state index in [-0.39, 0.29) is 10.7 Å². The van der Waals surface area contributed by atoms with Gasteiger partial charge in [0.1, 0.15) is 0 Å². The Kier molecular flexibility index (Phi) is 3.85. The average Bonchev–Trinajstić information content (AvgIpc) is 2.98. The molecule has 1 saturated heterocycles. The standard InChI is InChI=1S/C20H18N4O3S/c25-20-13-4-3-7-18-19(13)15(23-28(18,26)27)12-16(20)22-14-5-1-2-6-17(14)24-10-8-21-9-11-24/h1-7,12,21-22H,8-11H2. The monoisotopic (exact) mass is 394 g/mol. The van der Waals surface area contributed by atoms with Crippen molar-refractivity contribution in [3.8, 4) is 0 Å². The van der Waals surface area contributed by atoms with Crippen molar-refractivity contribution in [2.75, 3.05) is 36.4 Å². The smallest absolute Gasteiger partial charge is 0.283 e. The number of sulfonamides is 1. The molecule has 7 nitrogen and oxygen atoms in total. The van der Waals surface area contributed by atoms with Gasteiger partial charge in [-0.1, -0.05) is 24.3 Å². The van der Waals surface area contributed by atoms with Crippen LogP contribution in [0.1, 0.15) is 15.9 Å². The fraction of sp³-hybridized carbons (Fsp3) is 0.200. The third kappa shape index (κ3) is 2.64. The number of anilines is 2. The van der Waals surface area contributed by atoms with Gasteiger partial charge in [-0.15, -0.1) is 0 Å². The number of carbonyl (C=O) groups excluding carboxylic acids is 1. The van der Waals surface area contributed by atoms with E-state index in [0.717, 1.165) is 37.6 Å². The number of hydrogen-bond acceptors (Lipinski definition) is 6. The maximum absolute atomic E-state index is 13.0. The Balaban J connectivity index is 1.55. The van der Waals surface area contributed by atoms with E-state index in [1.165, 1.54) is 12.1 Å². The minimum Gasteiger partial charge on any atom is -0.367 e. The maximum atomic E-state index is 13.0. The summed E-state index contributed by atoms with van der Waals surface area (Å²) in [6, 6.07) is 12.5.